The maximum Gasteiger partial charge on any atom is 0.242 e. The van der Waals surface area contributed by atoms with Gasteiger partial charge in [-0.1, -0.05) is 38.0 Å². The Balaban J connectivity index is 1.42. The first-order valence-electron chi connectivity index (χ1n) is 10.9. The summed E-state index contributed by atoms with van der Waals surface area (Å²) in [6, 6.07) is 8.52. The first-order chi connectivity index (χ1) is 14.1. The number of carbonyl (C=O) groups excluding carboxylic acids is 2. The number of aromatic nitrogens is 1. The molecule has 1 aromatic heterocycles. The van der Waals surface area contributed by atoms with Crippen LogP contribution in [0.2, 0.25) is 0 Å². The average Bonchev–Trinajstić information content (AvgIpc) is 3.35. The quantitative estimate of drug-likeness (QED) is 0.727. The van der Waals surface area contributed by atoms with Crippen molar-refractivity contribution in [3.05, 3.63) is 30.5 Å². The highest BCUT2D eigenvalue weighted by Crippen LogP contribution is 2.30. The van der Waals surface area contributed by atoms with Crippen LogP contribution in [0.4, 0.5) is 0 Å². The number of para-hydroxylation sites is 1. The van der Waals surface area contributed by atoms with Gasteiger partial charge < -0.3 is 14.8 Å². The van der Waals surface area contributed by atoms with Crippen molar-refractivity contribution in [1.29, 1.82) is 0 Å². The van der Waals surface area contributed by atoms with Gasteiger partial charge in [0.2, 0.25) is 11.8 Å². The van der Waals surface area contributed by atoms with Crippen LogP contribution in [-0.4, -0.2) is 46.2 Å². The number of fused-ring (bicyclic) bond motifs is 1. The first-order valence-corrected chi connectivity index (χ1v) is 11.9. The molecular weight excluding hydrogens is 382 g/mol. The van der Waals surface area contributed by atoms with Gasteiger partial charge in [0.15, 0.2) is 0 Å². The zero-order chi connectivity index (χ0) is 20.2. The topological polar surface area (TPSA) is 54.3 Å². The van der Waals surface area contributed by atoms with E-state index in [0.29, 0.717) is 24.3 Å². The Labute approximate surface area is 177 Å². The van der Waals surface area contributed by atoms with Gasteiger partial charge in [-0.3, -0.25) is 9.59 Å². The predicted molar refractivity (Wildman–Crippen MR) is 118 cm³/mol. The van der Waals surface area contributed by atoms with E-state index in [1.165, 1.54) is 12.8 Å². The van der Waals surface area contributed by atoms with Crippen LogP contribution in [0, 0.1) is 5.92 Å². The smallest absolute Gasteiger partial charge is 0.242 e. The molecule has 1 N–H and O–H groups in total. The molecule has 0 bridgehead atoms. The van der Waals surface area contributed by atoms with Crippen LogP contribution in [-0.2, 0) is 16.1 Å². The number of hydrogen-bond donors (Lipinski definition) is 1. The third kappa shape index (κ3) is 4.97. The minimum Gasteiger partial charge on any atom is -0.353 e. The summed E-state index contributed by atoms with van der Waals surface area (Å²) in [6.45, 7) is 4.35. The molecule has 2 heterocycles. The third-order valence-electron chi connectivity index (χ3n) is 6.27. The second-order valence-electron chi connectivity index (χ2n) is 8.54. The summed E-state index contributed by atoms with van der Waals surface area (Å²) in [4.78, 5) is 28.2. The Bertz CT molecular complexity index is 864. The van der Waals surface area contributed by atoms with E-state index in [-0.39, 0.29) is 11.8 Å². The van der Waals surface area contributed by atoms with Gasteiger partial charge in [-0.2, -0.15) is 0 Å². The van der Waals surface area contributed by atoms with Gasteiger partial charge in [0.05, 0.1) is 5.75 Å². The van der Waals surface area contributed by atoms with Gasteiger partial charge in [-0.15, -0.1) is 11.8 Å². The number of likely N-dealkylation sites (tertiary alicyclic amines) is 1. The maximum atomic E-state index is 12.8. The maximum absolute atomic E-state index is 12.8. The molecule has 0 spiro atoms. The largest absolute Gasteiger partial charge is 0.353 e. The van der Waals surface area contributed by atoms with E-state index in [0.717, 1.165) is 54.6 Å². The van der Waals surface area contributed by atoms with Crippen molar-refractivity contribution in [1.82, 2.24) is 14.8 Å². The molecule has 1 aliphatic heterocycles. The molecule has 0 radical (unpaired) electrons. The summed E-state index contributed by atoms with van der Waals surface area (Å²) < 4.78 is 2.05. The summed E-state index contributed by atoms with van der Waals surface area (Å²) in [5.41, 5.74) is 1.06. The van der Waals surface area contributed by atoms with E-state index in [1.807, 2.05) is 27.8 Å². The fourth-order valence-electron chi connectivity index (χ4n) is 4.45. The molecule has 29 heavy (non-hydrogen) atoms. The summed E-state index contributed by atoms with van der Waals surface area (Å²) in [5.74, 6) is 1.43. The minimum atomic E-state index is 0.109. The van der Waals surface area contributed by atoms with Crippen molar-refractivity contribution in [3.8, 4) is 0 Å². The Morgan fingerprint density at radius 3 is 2.59 bits per heavy atom. The first kappa shape index (κ1) is 20.3. The Kier molecular flexibility index (Phi) is 6.48. The van der Waals surface area contributed by atoms with E-state index in [9.17, 15) is 9.59 Å². The van der Waals surface area contributed by atoms with Crippen LogP contribution in [0.5, 0.6) is 0 Å². The second-order valence-corrected chi connectivity index (χ2v) is 9.56. The lowest BCUT2D eigenvalue weighted by Gasteiger charge is -2.30. The number of nitrogens with zero attached hydrogens (tertiary/aromatic N) is 2. The molecule has 1 saturated carbocycles. The number of piperidine rings is 1. The minimum absolute atomic E-state index is 0.109. The van der Waals surface area contributed by atoms with Gasteiger partial charge in [-0.05, 0) is 37.7 Å². The number of rotatable bonds is 6. The number of amides is 2. The highest BCUT2D eigenvalue weighted by atomic mass is 32.2. The number of nitrogens with one attached hydrogen (secondary N) is 1. The lowest BCUT2D eigenvalue weighted by molar-refractivity contribution is -0.133. The fraction of sp³-hybridized carbons (Fsp3) is 0.565. The molecule has 1 aliphatic carbocycles. The van der Waals surface area contributed by atoms with E-state index in [2.05, 4.69) is 24.4 Å². The van der Waals surface area contributed by atoms with E-state index in [4.69, 9.17) is 0 Å². The molecule has 0 atom stereocenters. The summed E-state index contributed by atoms with van der Waals surface area (Å²) >= 11 is 1.57. The van der Waals surface area contributed by atoms with Gasteiger partial charge in [0.1, 0.15) is 6.54 Å². The normalized spacial score (nSPS) is 18.4. The molecule has 1 saturated heterocycles. The Hall–Kier alpha value is -1.95. The van der Waals surface area contributed by atoms with E-state index >= 15 is 0 Å². The Morgan fingerprint density at radius 1 is 1.10 bits per heavy atom. The SMILES string of the molecule is CC1CCN(C(=O)Cn2cc(SCC(=O)NC3CCCC3)c3ccccc32)CC1. The molecular formula is C23H31N3O2S. The summed E-state index contributed by atoms with van der Waals surface area (Å²) in [5, 5.41) is 4.27. The van der Waals surface area contributed by atoms with Crippen LogP contribution >= 0.6 is 11.8 Å². The van der Waals surface area contributed by atoms with Gasteiger partial charge in [0.25, 0.3) is 0 Å². The molecule has 2 aromatic rings. The number of thioether (sulfide) groups is 1. The standard InChI is InChI=1S/C23H31N3O2S/c1-17-10-12-25(13-11-17)23(28)15-26-14-21(19-8-4-5-9-20(19)26)29-16-22(27)24-18-6-2-3-7-18/h4-5,8-9,14,17-18H,2-3,6-7,10-13,15-16H2,1H3,(H,24,27). The zero-order valence-electron chi connectivity index (χ0n) is 17.2. The van der Waals surface area contributed by atoms with Gasteiger partial charge in [0, 0.05) is 41.1 Å². The lowest BCUT2D eigenvalue weighted by Crippen LogP contribution is -2.39. The second kappa shape index (κ2) is 9.24. The van der Waals surface area contributed by atoms with Crippen molar-refractivity contribution in [2.24, 2.45) is 5.92 Å². The molecule has 5 nitrogen and oxygen atoms in total. The van der Waals surface area contributed by atoms with Crippen LogP contribution in [0.25, 0.3) is 10.9 Å². The number of benzene rings is 1. The van der Waals surface area contributed by atoms with Crippen molar-refractivity contribution < 1.29 is 9.59 Å². The van der Waals surface area contributed by atoms with Crippen molar-refractivity contribution in [3.63, 3.8) is 0 Å². The predicted octanol–water partition coefficient (Wildman–Crippen LogP) is 4.05. The molecule has 2 amide bonds. The lowest BCUT2D eigenvalue weighted by atomic mass is 9.99. The van der Waals surface area contributed by atoms with Crippen molar-refractivity contribution in [2.45, 2.75) is 62.9 Å². The number of hydrogen-bond acceptors (Lipinski definition) is 3. The highest BCUT2D eigenvalue weighted by molar-refractivity contribution is 8.00. The molecule has 4 rings (SSSR count). The summed E-state index contributed by atoms with van der Waals surface area (Å²) in [7, 11) is 0. The molecule has 1 aromatic carbocycles. The van der Waals surface area contributed by atoms with Crippen molar-refractivity contribution >= 4 is 34.5 Å². The van der Waals surface area contributed by atoms with Crippen LogP contribution in [0.3, 0.4) is 0 Å². The molecule has 156 valence electrons. The van der Waals surface area contributed by atoms with Gasteiger partial charge in [-0.25, -0.2) is 0 Å². The van der Waals surface area contributed by atoms with Crippen LogP contribution < -0.4 is 5.32 Å². The monoisotopic (exact) mass is 413 g/mol. The molecule has 6 heteroatoms. The number of carbonyl (C=O) groups is 2. The molecule has 0 unspecified atom stereocenters. The fourth-order valence-corrected chi connectivity index (χ4v) is 5.35. The van der Waals surface area contributed by atoms with Crippen LogP contribution in [0.1, 0.15) is 45.4 Å². The average molecular weight is 414 g/mol. The highest BCUT2D eigenvalue weighted by Gasteiger charge is 2.22. The van der Waals surface area contributed by atoms with Gasteiger partial charge >= 0.3 is 0 Å². The Morgan fingerprint density at radius 2 is 1.83 bits per heavy atom. The zero-order valence-corrected chi connectivity index (χ0v) is 18.0. The van der Waals surface area contributed by atoms with Crippen molar-refractivity contribution in [2.75, 3.05) is 18.8 Å². The molecule has 2 fully saturated rings. The summed E-state index contributed by atoms with van der Waals surface area (Å²) in [6.07, 6.45) is 8.87. The van der Waals surface area contributed by atoms with Crippen LogP contribution in [0.15, 0.2) is 35.4 Å². The third-order valence-corrected chi connectivity index (χ3v) is 7.32. The van der Waals surface area contributed by atoms with E-state index in [1.54, 1.807) is 11.8 Å². The molecule has 2 aliphatic rings. The van der Waals surface area contributed by atoms with E-state index < -0.39 is 0 Å².